The van der Waals surface area contributed by atoms with Gasteiger partial charge in [0.15, 0.2) is 0 Å². The van der Waals surface area contributed by atoms with Gasteiger partial charge in [-0.05, 0) is 38.5 Å². The molecule has 0 aromatic carbocycles. The summed E-state index contributed by atoms with van der Waals surface area (Å²) >= 11 is 12.8. The summed E-state index contributed by atoms with van der Waals surface area (Å²) in [5.74, 6) is -3.84. The topological polar surface area (TPSA) is 148 Å². The van der Waals surface area contributed by atoms with Crippen LogP contribution < -0.4 is 16.4 Å². The molecule has 0 spiro atoms. The molecule has 202 valence electrons. The predicted molar refractivity (Wildman–Crippen MR) is 133 cm³/mol. The van der Waals surface area contributed by atoms with Crippen molar-refractivity contribution in [3.8, 4) is 0 Å². The number of rotatable bonds is 8. The van der Waals surface area contributed by atoms with E-state index in [2.05, 4.69) is 10.6 Å². The zero-order valence-corrected chi connectivity index (χ0v) is 23.0. The number of alkyl halides is 2. The van der Waals surface area contributed by atoms with Crippen LogP contribution in [0.2, 0.25) is 0 Å². The number of carbonyl (C=O) groups is 5. The molecule has 4 amide bonds. The third-order valence-electron chi connectivity index (χ3n) is 6.80. The average molecular weight is 547 g/mol. The van der Waals surface area contributed by atoms with Gasteiger partial charge < -0.3 is 26.0 Å². The van der Waals surface area contributed by atoms with Crippen LogP contribution in [0.15, 0.2) is 0 Å². The third-order valence-corrected chi connectivity index (χ3v) is 7.86. The maximum Gasteiger partial charge on any atom is 0.408 e. The van der Waals surface area contributed by atoms with E-state index in [-0.39, 0.29) is 18.4 Å². The van der Waals surface area contributed by atoms with Crippen molar-refractivity contribution in [2.45, 2.75) is 88.9 Å². The normalized spacial score (nSPS) is 26.3. The minimum Gasteiger partial charge on any atom is -0.444 e. The van der Waals surface area contributed by atoms with E-state index in [1.165, 1.54) is 4.90 Å². The number of ketones is 1. The van der Waals surface area contributed by atoms with Crippen molar-refractivity contribution < 1.29 is 28.7 Å². The third kappa shape index (κ3) is 6.25. The zero-order valence-electron chi connectivity index (χ0n) is 21.5. The quantitative estimate of drug-likeness (QED) is 0.312. The Morgan fingerprint density at radius 2 is 1.64 bits per heavy atom. The van der Waals surface area contributed by atoms with Crippen molar-refractivity contribution in [3.05, 3.63) is 0 Å². The number of likely N-dealkylation sites (tertiary alicyclic amines) is 1. The Morgan fingerprint density at radius 1 is 1.06 bits per heavy atom. The second-order valence-electron chi connectivity index (χ2n) is 12.2. The average Bonchev–Trinajstić information content (AvgIpc) is 3.55. The largest absolute Gasteiger partial charge is 0.444 e. The monoisotopic (exact) mass is 546 g/mol. The lowest BCUT2D eigenvalue weighted by Gasteiger charge is -2.37. The van der Waals surface area contributed by atoms with Crippen LogP contribution in [-0.4, -0.2) is 69.1 Å². The predicted octanol–water partition coefficient (Wildman–Crippen LogP) is 1.90. The Labute approximate surface area is 221 Å². The molecule has 1 unspecified atom stereocenters. The molecule has 36 heavy (non-hydrogen) atoms. The Kier molecular flexibility index (Phi) is 7.65. The van der Waals surface area contributed by atoms with Crippen LogP contribution in [0.3, 0.4) is 0 Å². The minimum atomic E-state index is -1.20. The number of amides is 4. The fourth-order valence-electron chi connectivity index (χ4n) is 4.72. The first-order valence-corrected chi connectivity index (χ1v) is 12.9. The first-order valence-electron chi connectivity index (χ1n) is 12.2. The molecule has 0 radical (unpaired) electrons. The fourth-order valence-corrected chi connectivity index (χ4v) is 5.55. The number of nitrogens with two attached hydrogens (primary N) is 1. The van der Waals surface area contributed by atoms with Crippen LogP contribution >= 0.6 is 23.2 Å². The van der Waals surface area contributed by atoms with Gasteiger partial charge in [-0.3, -0.25) is 19.2 Å². The van der Waals surface area contributed by atoms with Gasteiger partial charge in [-0.15, -0.1) is 23.2 Å². The molecular formula is C24H36Cl2N4O6. The van der Waals surface area contributed by atoms with E-state index in [1.54, 1.807) is 41.5 Å². The first kappa shape index (κ1) is 28.5. The van der Waals surface area contributed by atoms with Crippen molar-refractivity contribution in [1.82, 2.24) is 15.5 Å². The van der Waals surface area contributed by atoms with Crippen molar-refractivity contribution in [1.29, 1.82) is 0 Å². The summed E-state index contributed by atoms with van der Waals surface area (Å²) in [6, 6.07) is -3.18. The van der Waals surface area contributed by atoms with Gasteiger partial charge in [0.2, 0.25) is 17.6 Å². The number of ether oxygens (including phenoxy) is 1. The second-order valence-corrected chi connectivity index (χ2v) is 13.6. The molecule has 3 rings (SSSR count). The number of primary amides is 1. The number of nitrogens with zero attached hydrogens (tertiary/aromatic N) is 1. The summed E-state index contributed by atoms with van der Waals surface area (Å²) in [5.41, 5.74) is 3.70. The van der Waals surface area contributed by atoms with E-state index in [0.717, 1.165) is 12.8 Å². The molecule has 10 nitrogen and oxygen atoms in total. The molecular weight excluding hydrogens is 511 g/mol. The standard InChI is InChI=1S/C24H36Cl2N4O6/c1-22(2,3)17(29-21(35)36-23(4,5)6)20(34)30-10-12-14(24(12,25)26)15(30)19(33)28-13(9-11-7-8-11)16(31)18(27)32/h11-15,17H,7-10H2,1-6H3,(H2,27,32)(H,28,33)(H,29,35)/t12-,13?,14-,15-,17+/m0/s1. The highest BCUT2D eigenvalue weighted by molar-refractivity contribution is 6.51. The molecule has 1 saturated heterocycles. The summed E-state index contributed by atoms with van der Waals surface area (Å²) in [6.07, 6.45) is 1.32. The molecule has 0 bridgehead atoms. The Morgan fingerprint density at radius 3 is 2.11 bits per heavy atom. The smallest absolute Gasteiger partial charge is 0.408 e. The molecule has 12 heteroatoms. The van der Waals surface area contributed by atoms with Crippen LogP contribution in [0.1, 0.15) is 60.8 Å². The summed E-state index contributed by atoms with van der Waals surface area (Å²) in [6.45, 7) is 10.6. The van der Waals surface area contributed by atoms with E-state index in [0.29, 0.717) is 6.42 Å². The van der Waals surface area contributed by atoms with Crippen molar-refractivity contribution in [2.75, 3.05) is 6.54 Å². The highest BCUT2D eigenvalue weighted by Crippen LogP contribution is 2.65. The van der Waals surface area contributed by atoms with Crippen LogP contribution in [0.4, 0.5) is 4.79 Å². The van der Waals surface area contributed by atoms with Gasteiger partial charge in [0, 0.05) is 18.4 Å². The van der Waals surface area contributed by atoms with Gasteiger partial charge >= 0.3 is 6.09 Å². The first-order chi connectivity index (χ1) is 16.3. The number of nitrogens with one attached hydrogen (secondary N) is 2. The molecule has 1 aliphatic heterocycles. The van der Waals surface area contributed by atoms with Crippen LogP contribution in [0.25, 0.3) is 0 Å². The molecule has 0 aromatic heterocycles. The fraction of sp³-hybridized carbons (Fsp3) is 0.792. The minimum absolute atomic E-state index is 0.105. The molecule has 2 aliphatic carbocycles. The van der Waals surface area contributed by atoms with Gasteiger partial charge in [-0.25, -0.2) is 4.79 Å². The maximum atomic E-state index is 13.7. The lowest BCUT2D eigenvalue weighted by molar-refractivity contribution is -0.144. The summed E-state index contributed by atoms with van der Waals surface area (Å²) in [7, 11) is 0. The number of hydrogen-bond acceptors (Lipinski definition) is 6. The van der Waals surface area contributed by atoms with E-state index in [1.807, 2.05) is 0 Å². The number of piperidine rings is 1. The summed E-state index contributed by atoms with van der Waals surface area (Å²) in [5, 5.41) is 5.27. The van der Waals surface area contributed by atoms with Crippen LogP contribution in [0, 0.1) is 23.2 Å². The Balaban J connectivity index is 1.83. The number of alkyl carbamates (subject to hydrolysis) is 1. The molecule has 5 atom stereocenters. The number of hydrogen-bond donors (Lipinski definition) is 3. The van der Waals surface area contributed by atoms with E-state index in [9.17, 15) is 24.0 Å². The molecule has 3 aliphatic rings. The molecule has 2 saturated carbocycles. The molecule has 1 heterocycles. The number of carbonyl (C=O) groups excluding carboxylic acids is 5. The SMILES string of the molecule is CC(C)(C)OC(=O)N[C@H](C(=O)N1C[C@H]2[C@@H]([C@H]1C(=O)NC(CC1CC1)C(=O)C(N)=O)C2(Cl)Cl)C(C)(C)C. The van der Waals surface area contributed by atoms with Crippen LogP contribution in [0.5, 0.6) is 0 Å². The highest BCUT2D eigenvalue weighted by Gasteiger charge is 2.74. The second kappa shape index (κ2) is 9.67. The number of fused-ring (bicyclic) bond motifs is 1. The maximum absolute atomic E-state index is 13.7. The van der Waals surface area contributed by atoms with Crippen molar-refractivity contribution >= 4 is 52.8 Å². The highest BCUT2D eigenvalue weighted by atomic mass is 35.5. The number of Topliss-reactive ketones (excluding diaryl/α,β-unsaturated/α-hetero) is 1. The van der Waals surface area contributed by atoms with Gasteiger partial charge in [0.25, 0.3) is 5.91 Å². The molecule has 4 N–H and O–H groups in total. The Bertz CT molecular complexity index is 953. The van der Waals surface area contributed by atoms with E-state index in [4.69, 9.17) is 33.7 Å². The molecule has 3 fully saturated rings. The zero-order chi connectivity index (χ0) is 27.4. The van der Waals surface area contributed by atoms with Gasteiger partial charge in [-0.2, -0.15) is 0 Å². The van der Waals surface area contributed by atoms with Crippen molar-refractivity contribution in [2.24, 2.45) is 28.9 Å². The lowest BCUT2D eigenvalue weighted by Crippen LogP contribution is -2.61. The summed E-state index contributed by atoms with van der Waals surface area (Å²) < 4.78 is 4.13. The summed E-state index contributed by atoms with van der Waals surface area (Å²) in [4.78, 5) is 65.0. The van der Waals surface area contributed by atoms with Crippen molar-refractivity contribution in [3.63, 3.8) is 0 Å². The number of halogens is 2. The van der Waals surface area contributed by atoms with Gasteiger partial charge in [0.05, 0.1) is 6.04 Å². The van der Waals surface area contributed by atoms with Crippen LogP contribution in [-0.2, 0) is 23.9 Å². The Hall–Kier alpha value is -2.07. The lowest BCUT2D eigenvalue weighted by atomic mass is 9.85. The van der Waals surface area contributed by atoms with Gasteiger partial charge in [0.1, 0.15) is 22.0 Å². The van der Waals surface area contributed by atoms with E-state index >= 15 is 0 Å². The van der Waals surface area contributed by atoms with E-state index < -0.39 is 69.0 Å². The van der Waals surface area contributed by atoms with Gasteiger partial charge in [-0.1, -0.05) is 33.6 Å². The molecule has 0 aromatic rings.